The lowest BCUT2D eigenvalue weighted by molar-refractivity contribution is -0.131. The Bertz CT molecular complexity index is 882. The summed E-state index contributed by atoms with van der Waals surface area (Å²) in [5.74, 6) is 1.63. The highest BCUT2D eigenvalue weighted by Crippen LogP contribution is 2.24. The maximum atomic E-state index is 12.8. The molecule has 6 nitrogen and oxygen atoms in total. The molecule has 2 aromatic rings. The molecule has 4 rings (SSSR count). The molecule has 0 spiro atoms. The molecule has 0 bridgehead atoms. The van der Waals surface area contributed by atoms with E-state index in [9.17, 15) is 9.59 Å². The molecular formula is C24H29ClN4O2. The van der Waals surface area contributed by atoms with E-state index < -0.39 is 0 Å². The fourth-order valence-electron chi connectivity index (χ4n) is 4.47. The van der Waals surface area contributed by atoms with E-state index in [4.69, 9.17) is 11.6 Å². The molecule has 0 radical (unpaired) electrons. The second-order valence-electron chi connectivity index (χ2n) is 8.36. The largest absolute Gasteiger partial charge is 0.353 e. The van der Waals surface area contributed by atoms with Gasteiger partial charge in [0.25, 0.3) is 5.91 Å². The van der Waals surface area contributed by atoms with Crippen molar-refractivity contribution in [2.75, 3.05) is 44.2 Å². The SMILES string of the molecule is O=C(CC[C@@H]1CCCN(C(=O)c2ccc(Cl)cc2)C1)N1CCN(c2ccccn2)CC1. The van der Waals surface area contributed by atoms with Gasteiger partial charge in [-0.25, -0.2) is 4.98 Å². The number of aromatic nitrogens is 1. The van der Waals surface area contributed by atoms with Crippen LogP contribution in [0.3, 0.4) is 0 Å². The van der Waals surface area contributed by atoms with Gasteiger partial charge in [0.05, 0.1) is 0 Å². The Balaban J connectivity index is 1.23. The predicted octanol–water partition coefficient (Wildman–Crippen LogP) is 3.72. The van der Waals surface area contributed by atoms with Crippen LogP contribution in [0.25, 0.3) is 0 Å². The van der Waals surface area contributed by atoms with Crippen molar-refractivity contribution in [1.82, 2.24) is 14.8 Å². The van der Waals surface area contributed by atoms with Gasteiger partial charge in [-0.05, 0) is 61.6 Å². The zero-order chi connectivity index (χ0) is 21.6. The summed E-state index contributed by atoms with van der Waals surface area (Å²) in [6, 6.07) is 13.0. The summed E-state index contributed by atoms with van der Waals surface area (Å²) in [4.78, 5) is 36.1. The van der Waals surface area contributed by atoms with E-state index in [0.29, 0.717) is 22.9 Å². The average Bonchev–Trinajstić information content (AvgIpc) is 2.83. The number of amides is 2. The van der Waals surface area contributed by atoms with Crippen LogP contribution in [0, 0.1) is 5.92 Å². The molecule has 0 saturated carbocycles. The Hall–Kier alpha value is -2.60. The number of nitrogens with zero attached hydrogens (tertiary/aromatic N) is 4. The Morgan fingerprint density at radius 2 is 1.74 bits per heavy atom. The van der Waals surface area contributed by atoms with Crippen LogP contribution < -0.4 is 4.90 Å². The van der Waals surface area contributed by atoms with E-state index in [1.54, 1.807) is 30.5 Å². The molecule has 3 heterocycles. The number of hydrogen-bond donors (Lipinski definition) is 0. The van der Waals surface area contributed by atoms with Gasteiger partial charge >= 0.3 is 0 Å². The zero-order valence-electron chi connectivity index (χ0n) is 17.8. The number of anilines is 1. The van der Waals surface area contributed by atoms with Crippen molar-refractivity contribution in [2.45, 2.75) is 25.7 Å². The molecular weight excluding hydrogens is 412 g/mol. The number of carbonyl (C=O) groups excluding carboxylic acids is 2. The van der Waals surface area contributed by atoms with Gasteiger partial charge in [0.2, 0.25) is 5.91 Å². The fourth-order valence-corrected chi connectivity index (χ4v) is 4.60. The minimum absolute atomic E-state index is 0.0540. The normalized spacial score (nSPS) is 19.4. The first-order valence-corrected chi connectivity index (χ1v) is 11.5. The smallest absolute Gasteiger partial charge is 0.253 e. The first-order chi connectivity index (χ1) is 15.1. The lowest BCUT2D eigenvalue weighted by Gasteiger charge is -2.36. The summed E-state index contributed by atoms with van der Waals surface area (Å²) in [5.41, 5.74) is 0.673. The number of carbonyl (C=O) groups is 2. The van der Waals surface area contributed by atoms with E-state index in [1.807, 2.05) is 28.0 Å². The minimum Gasteiger partial charge on any atom is -0.353 e. The quantitative estimate of drug-likeness (QED) is 0.711. The molecule has 2 saturated heterocycles. The van der Waals surface area contributed by atoms with Crippen LogP contribution in [0.15, 0.2) is 48.7 Å². The molecule has 1 aromatic heterocycles. The lowest BCUT2D eigenvalue weighted by atomic mass is 9.92. The third kappa shape index (κ3) is 5.56. The maximum Gasteiger partial charge on any atom is 0.253 e. The van der Waals surface area contributed by atoms with Gasteiger partial charge in [-0.2, -0.15) is 0 Å². The fraction of sp³-hybridized carbons (Fsp3) is 0.458. The Morgan fingerprint density at radius 3 is 2.45 bits per heavy atom. The first-order valence-electron chi connectivity index (χ1n) is 11.1. The molecule has 1 atom stereocenters. The zero-order valence-corrected chi connectivity index (χ0v) is 18.5. The van der Waals surface area contributed by atoms with Crippen molar-refractivity contribution in [3.63, 3.8) is 0 Å². The van der Waals surface area contributed by atoms with Crippen molar-refractivity contribution < 1.29 is 9.59 Å². The van der Waals surface area contributed by atoms with Crippen LogP contribution in [-0.4, -0.2) is 65.9 Å². The number of piperidine rings is 1. The topological polar surface area (TPSA) is 56.8 Å². The van der Waals surface area contributed by atoms with Crippen LogP contribution in [0.2, 0.25) is 5.02 Å². The molecule has 0 aliphatic carbocycles. The van der Waals surface area contributed by atoms with E-state index in [-0.39, 0.29) is 11.8 Å². The molecule has 1 aromatic carbocycles. The second kappa shape index (κ2) is 10.1. The highest BCUT2D eigenvalue weighted by molar-refractivity contribution is 6.30. The molecule has 2 aliphatic heterocycles. The molecule has 2 aliphatic rings. The van der Waals surface area contributed by atoms with Crippen molar-refractivity contribution in [3.8, 4) is 0 Å². The van der Waals surface area contributed by atoms with Gasteiger partial charge in [-0.1, -0.05) is 17.7 Å². The van der Waals surface area contributed by atoms with Crippen LogP contribution in [0.4, 0.5) is 5.82 Å². The Morgan fingerprint density at radius 1 is 0.968 bits per heavy atom. The first kappa shape index (κ1) is 21.6. The van der Waals surface area contributed by atoms with Crippen LogP contribution in [0.5, 0.6) is 0 Å². The molecule has 31 heavy (non-hydrogen) atoms. The second-order valence-corrected chi connectivity index (χ2v) is 8.80. The molecule has 7 heteroatoms. The Kier molecular flexibility index (Phi) is 7.07. The highest BCUT2D eigenvalue weighted by Gasteiger charge is 2.26. The number of benzene rings is 1. The minimum atomic E-state index is 0.0540. The van der Waals surface area contributed by atoms with Gasteiger partial charge in [0.15, 0.2) is 0 Å². The monoisotopic (exact) mass is 440 g/mol. The average molecular weight is 441 g/mol. The van der Waals surface area contributed by atoms with Crippen LogP contribution >= 0.6 is 11.6 Å². The van der Waals surface area contributed by atoms with Crippen molar-refractivity contribution >= 4 is 29.2 Å². The molecule has 164 valence electrons. The van der Waals surface area contributed by atoms with Crippen LogP contribution in [0.1, 0.15) is 36.0 Å². The van der Waals surface area contributed by atoms with Crippen LogP contribution in [-0.2, 0) is 4.79 Å². The third-order valence-corrected chi connectivity index (χ3v) is 6.52. The van der Waals surface area contributed by atoms with E-state index in [0.717, 1.165) is 64.3 Å². The third-order valence-electron chi connectivity index (χ3n) is 6.27. The number of piperazine rings is 1. The van der Waals surface area contributed by atoms with Gasteiger partial charge in [-0.15, -0.1) is 0 Å². The summed E-state index contributed by atoms with van der Waals surface area (Å²) < 4.78 is 0. The van der Waals surface area contributed by atoms with Crippen molar-refractivity contribution in [3.05, 3.63) is 59.2 Å². The van der Waals surface area contributed by atoms with E-state index >= 15 is 0 Å². The van der Waals surface area contributed by atoms with Gasteiger partial charge < -0.3 is 14.7 Å². The summed E-state index contributed by atoms with van der Waals surface area (Å²) in [6.45, 7) is 4.61. The summed E-state index contributed by atoms with van der Waals surface area (Å²) in [7, 11) is 0. The van der Waals surface area contributed by atoms with Gasteiger partial charge in [0.1, 0.15) is 5.82 Å². The lowest BCUT2D eigenvalue weighted by Crippen LogP contribution is -2.49. The molecule has 0 N–H and O–H groups in total. The summed E-state index contributed by atoms with van der Waals surface area (Å²) in [5, 5.41) is 0.632. The Labute approximate surface area is 188 Å². The predicted molar refractivity (Wildman–Crippen MR) is 122 cm³/mol. The molecule has 2 amide bonds. The molecule has 2 fully saturated rings. The number of pyridine rings is 1. The maximum absolute atomic E-state index is 12.8. The summed E-state index contributed by atoms with van der Waals surface area (Å²) >= 11 is 5.93. The highest BCUT2D eigenvalue weighted by atomic mass is 35.5. The number of rotatable bonds is 5. The number of hydrogen-bond acceptors (Lipinski definition) is 4. The van der Waals surface area contributed by atoms with Crippen molar-refractivity contribution in [1.29, 1.82) is 0 Å². The molecule has 0 unspecified atom stereocenters. The van der Waals surface area contributed by atoms with Gasteiger partial charge in [-0.3, -0.25) is 9.59 Å². The standard InChI is InChI=1S/C24H29ClN4O2/c25-21-9-7-20(8-10-21)24(31)29-13-3-4-19(18-29)6-11-23(30)28-16-14-27(15-17-28)22-5-1-2-12-26-22/h1-2,5,7-10,12,19H,3-4,6,11,13-18H2/t19-/m0/s1. The number of likely N-dealkylation sites (tertiary alicyclic amines) is 1. The van der Waals surface area contributed by atoms with Gasteiger partial charge in [0, 0.05) is 62.5 Å². The van der Waals surface area contributed by atoms with Crippen molar-refractivity contribution in [2.24, 2.45) is 5.92 Å². The number of halogens is 1. The summed E-state index contributed by atoms with van der Waals surface area (Å²) in [6.07, 6.45) is 5.25. The van der Waals surface area contributed by atoms with E-state index in [1.165, 1.54) is 0 Å². The van der Waals surface area contributed by atoms with E-state index in [2.05, 4.69) is 9.88 Å².